The molecule has 0 fully saturated rings. The van der Waals surface area contributed by atoms with Gasteiger partial charge in [-0.15, -0.1) is 23.1 Å². The molecule has 0 aromatic heterocycles. The van der Waals surface area contributed by atoms with E-state index in [1.165, 1.54) is 57.0 Å². The van der Waals surface area contributed by atoms with Crippen LogP contribution in [0.3, 0.4) is 0 Å². The number of hydrogen-bond acceptors (Lipinski definition) is 0. The molecule has 4 rings (SSSR count). The summed E-state index contributed by atoms with van der Waals surface area (Å²) < 4.78 is 0. The summed E-state index contributed by atoms with van der Waals surface area (Å²) in [5.74, 6) is 0. The maximum atomic E-state index is 4.93. The SMILES string of the molecule is CCCc1c(C)c(C)c(C)[c-]1C.[C-]1=CCc2ccc3ccccc3c21.[Cl][Zr+2][Cl]. The van der Waals surface area contributed by atoms with Crippen molar-refractivity contribution < 1.29 is 20.8 Å². The zero-order chi connectivity index (χ0) is 20.7. The first-order valence-electron chi connectivity index (χ1n) is 9.73. The van der Waals surface area contributed by atoms with Gasteiger partial charge in [0.2, 0.25) is 0 Å². The van der Waals surface area contributed by atoms with Crippen LogP contribution in [-0.2, 0) is 33.7 Å². The molecule has 146 valence electrons. The van der Waals surface area contributed by atoms with Crippen LogP contribution in [0.2, 0.25) is 0 Å². The zero-order valence-electron chi connectivity index (χ0n) is 17.4. The van der Waals surface area contributed by atoms with Gasteiger partial charge in [0.15, 0.2) is 0 Å². The van der Waals surface area contributed by atoms with Crippen LogP contribution in [0.5, 0.6) is 0 Å². The summed E-state index contributed by atoms with van der Waals surface area (Å²) in [5.41, 5.74) is 10.3. The van der Waals surface area contributed by atoms with Crippen molar-refractivity contribution >= 4 is 27.8 Å². The van der Waals surface area contributed by atoms with E-state index in [-0.39, 0.29) is 0 Å². The topological polar surface area (TPSA) is 0 Å². The summed E-state index contributed by atoms with van der Waals surface area (Å²) in [6.45, 7) is 11.2. The first kappa shape index (κ1) is 23.5. The van der Waals surface area contributed by atoms with E-state index in [1.54, 1.807) is 5.56 Å². The number of hydrogen-bond donors (Lipinski definition) is 0. The van der Waals surface area contributed by atoms with Crippen LogP contribution < -0.4 is 0 Å². The van der Waals surface area contributed by atoms with E-state index in [0.717, 1.165) is 6.42 Å². The second kappa shape index (κ2) is 11.4. The van der Waals surface area contributed by atoms with Crippen molar-refractivity contribution in [2.24, 2.45) is 0 Å². The third kappa shape index (κ3) is 5.44. The Hall–Kier alpha value is -0.747. The van der Waals surface area contributed by atoms with Gasteiger partial charge < -0.3 is 0 Å². The standard InChI is InChI=1S/C13H9.C12H19.2ClH.Zr/c1-2-6-12-10(4-1)8-9-11-5-3-7-13(11)12;1-6-7-12-10(4)8(2)9(3)11(12)5;;;/h1-4,6,8-9H,5H2;6-7H2,1-5H3;2*1H;/q2*-1;;;+4/p-2. The third-order valence-electron chi connectivity index (χ3n) is 5.68. The van der Waals surface area contributed by atoms with Crippen LogP contribution in [0.15, 0.2) is 42.5 Å². The van der Waals surface area contributed by atoms with Crippen LogP contribution >= 0.6 is 17.0 Å². The van der Waals surface area contributed by atoms with E-state index < -0.39 is 20.8 Å². The van der Waals surface area contributed by atoms with Crippen LogP contribution in [0.1, 0.15) is 52.3 Å². The van der Waals surface area contributed by atoms with Crippen molar-refractivity contribution in [2.75, 3.05) is 0 Å². The Balaban J connectivity index is 0.000000177. The maximum absolute atomic E-state index is 4.93. The zero-order valence-corrected chi connectivity index (χ0v) is 21.4. The molecule has 3 aromatic rings. The summed E-state index contributed by atoms with van der Waals surface area (Å²) >= 11 is -0.826. The molecule has 0 saturated heterocycles. The molecule has 0 bridgehead atoms. The van der Waals surface area contributed by atoms with E-state index in [2.05, 4.69) is 83.2 Å². The summed E-state index contributed by atoms with van der Waals surface area (Å²) in [6, 6.07) is 12.9. The number of halogens is 2. The average molecular weight is 491 g/mol. The van der Waals surface area contributed by atoms with Crippen molar-refractivity contribution in [3.8, 4) is 0 Å². The molecule has 0 spiro atoms. The van der Waals surface area contributed by atoms with E-state index in [4.69, 9.17) is 17.0 Å². The number of rotatable bonds is 2. The van der Waals surface area contributed by atoms with Crippen LogP contribution in [-0.4, -0.2) is 0 Å². The summed E-state index contributed by atoms with van der Waals surface area (Å²) in [4.78, 5) is 0. The molecule has 0 aliphatic heterocycles. The van der Waals surface area contributed by atoms with Crippen molar-refractivity contribution in [1.82, 2.24) is 0 Å². The Bertz CT molecular complexity index is 925. The van der Waals surface area contributed by atoms with Gasteiger partial charge in [-0.2, -0.15) is 45.5 Å². The fourth-order valence-corrected chi connectivity index (χ4v) is 3.84. The van der Waals surface area contributed by atoms with Crippen molar-refractivity contribution in [3.63, 3.8) is 0 Å². The Kier molecular flexibility index (Phi) is 9.62. The van der Waals surface area contributed by atoms with E-state index in [9.17, 15) is 0 Å². The molecule has 0 unspecified atom stereocenters. The van der Waals surface area contributed by atoms with Crippen molar-refractivity contribution in [2.45, 2.75) is 53.9 Å². The van der Waals surface area contributed by atoms with Gasteiger partial charge in [0.25, 0.3) is 0 Å². The van der Waals surface area contributed by atoms with Crippen LogP contribution in [0.4, 0.5) is 0 Å². The molecule has 1 aliphatic rings. The van der Waals surface area contributed by atoms with Gasteiger partial charge in [0.1, 0.15) is 0 Å². The first-order valence-corrected chi connectivity index (χ1v) is 16.1. The summed E-state index contributed by atoms with van der Waals surface area (Å²) in [7, 11) is 9.87. The minimum absolute atomic E-state index is 0.826. The van der Waals surface area contributed by atoms with E-state index in [1.807, 2.05) is 0 Å². The molecule has 0 nitrogen and oxygen atoms in total. The van der Waals surface area contributed by atoms with Crippen LogP contribution in [0.25, 0.3) is 10.8 Å². The number of fused-ring (bicyclic) bond motifs is 3. The molecular formula is C25H28Cl2Zr. The molecule has 0 N–H and O–H groups in total. The van der Waals surface area contributed by atoms with Gasteiger partial charge in [0, 0.05) is 0 Å². The van der Waals surface area contributed by atoms with Crippen LogP contribution in [0, 0.1) is 33.8 Å². The number of allylic oxidation sites excluding steroid dienone is 1. The molecule has 3 aromatic carbocycles. The molecular weight excluding hydrogens is 462 g/mol. The van der Waals surface area contributed by atoms with Gasteiger partial charge >= 0.3 is 37.9 Å². The fraction of sp³-hybridized carbons (Fsp3) is 0.320. The molecule has 0 radical (unpaired) electrons. The van der Waals surface area contributed by atoms with Gasteiger partial charge in [0.05, 0.1) is 0 Å². The van der Waals surface area contributed by atoms with Gasteiger partial charge in [-0.1, -0.05) is 83.5 Å². The van der Waals surface area contributed by atoms with E-state index in [0.29, 0.717) is 0 Å². The second-order valence-corrected chi connectivity index (χ2v) is 10.9. The Morgan fingerprint density at radius 1 is 1.04 bits per heavy atom. The molecule has 1 aliphatic carbocycles. The van der Waals surface area contributed by atoms with Gasteiger partial charge in [-0.3, -0.25) is 0 Å². The molecule has 3 heteroatoms. The quantitative estimate of drug-likeness (QED) is 0.319. The Morgan fingerprint density at radius 3 is 2.32 bits per heavy atom. The van der Waals surface area contributed by atoms with Gasteiger partial charge in [-0.05, 0) is 0 Å². The Labute approximate surface area is 189 Å². The predicted octanol–water partition coefficient (Wildman–Crippen LogP) is 8.07. The monoisotopic (exact) mass is 488 g/mol. The molecule has 0 amide bonds. The summed E-state index contributed by atoms with van der Waals surface area (Å²) in [5, 5.41) is 2.64. The fourth-order valence-electron chi connectivity index (χ4n) is 3.84. The van der Waals surface area contributed by atoms with E-state index >= 15 is 0 Å². The summed E-state index contributed by atoms with van der Waals surface area (Å²) in [6.07, 6.45) is 8.97. The number of benzene rings is 2. The Morgan fingerprint density at radius 2 is 1.71 bits per heavy atom. The van der Waals surface area contributed by atoms with Crippen molar-refractivity contribution in [1.29, 1.82) is 0 Å². The third-order valence-corrected chi connectivity index (χ3v) is 5.68. The molecule has 0 atom stereocenters. The first-order chi connectivity index (χ1) is 13.5. The average Bonchev–Trinajstić information content (AvgIpc) is 3.26. The minimum atomic E-state index is -0.826. The molecule has 0 heterocycles. The van der Waals surface area contributed by atoms with Gasteiger partial charge in [-0.25, -0.2) is 0 Å². The molecule has 28 heavy (non-hydrogen) atoms. The molecule has 0 saturated carbocycles. The predicted molar refractivity (Wildman–Crippen MR) is 121 cm³/mol. The second-order valence-electron chi connectivity index (χ2n) is 7.17. The normalized spacial score (nSPS) is 11.2. The van der Waals surface area contributed by atoms with Crippen molar-refractivity contribution in [3.05, 3.63) is 87.5 Å².